The van der Waals surface area contributed by atoms with Crippen LogP contribution in [0.2, 0.25) is 0 Å². The van der Waals surface area contributed by atoms with E-state index >= 15 is 0 Å². The van der Waals surface area contributed by atoms with E-state index in [0.29, 0.717) is 6.04 Å². The maximum atomic E-state index is 10.6. The summed E-state index contributed by atoms with van der Waals surface area (Å²) in [6.07, 6.45) is 11.3. The van der Waals surface area contributed by atoms with Gasteiger partial charge in [-0.2, -0.15) is 0 Å². The lowest BCUT2D eigenvalue weighted by Gasteiger charge is -2.30. The number of hydrogen-bond acceptors (Lipinski definition) is 3. The highest BCUT2D eigenvalue weighted by atomic mass is 16.3. The van der Waals surface area contributed by atoms with Gasteiger partial charge in [-0.1, -0.05) is 81.0 Å². The van der Waals surface area contributed by atoms with Gasteiger partial charge in [0.15, 0.2) is 0 Å². The van der Waals surface area contributed by atoms with E-state index in [1.807, 2.05) is 30.3 Å². The van der Waals surface area contributed by atoms with E-state index < -0.39 is 0 Å². The van der Waals surface area contributed by atoms with Gasteiger partial charge in [-0.3, -0.25) is 0 Å². The Morgan fingerprint density at radius 1 is 0.821 bits per heavy atom. The first-order chi connectivity index (χ1) is 13.7. The van der Waals surface area contributed by atoms with Crippen molar-refractivity contribution in [2.75, 3.05) is 32.1 Å². The number of nitrogens with zero attached hydrogens (tertiary/aromatic N) is 2. The molecule has 1 aromatic carbocycles. The third-order valence-corrected chi connectivity index (χ3v) is 5.89. The van der Waals surface area contributed by atoms with Crippen LogP contribution in [0.15, 0.2) is 54.6 Å². The van der Waals surface area contributed by atoms with Gasteiger partial charge in [0.1, 0.15) is 0 Å². The Kier molecular flexibility index (Phi) is 11.0. The summed E-state index contributed by atoms with van der Waals surface area (Å²) in [7, 11) is 4.30. The molecular weight excluding hydrogens is 344 g/mol. The van der Waals surface area contributed by atoms with Crippen molar-refractivity contribution in [2.45, 2.75) is 69.9 Å². The monoisotopic (exact) mass is 384 g/mol. The highest BCUT2D eigenvalue weighted by molar-refractivity contribution is 5.43. The maximum Gasteiger partial charge on any atom is 0.0683 e. The Morgan fingerprint density at radius 2 is 1.32 bits per heavy atom. The van der Waals surface area contributed by atoms with Crippen molar-refractivity contribution in [1.29, 1.82) is 0 Å². The van der Waals surface area contributed by atoms with Crippen LogP contribution >= 0.6 is 0 Å². The summed E-state index contributed by atoms with van der Waals surface area (Å²) in [4.78, 5) is 4.64. The van der Waals surface area contributed by atoms with E-state index in [1.165, 1.54) is 51.4 Å². The van der Waals surface area contributed by atoms with Gasteiger partial charge < -0.3 is 14.9 Å². The lowest BCUT2D eigenvalue weighted by atomic mass is 10.0. The molecular formula is C25H40N2O. The van der Waals surface area contributed by atoms with Crippen molar-refractivity contribution in [3.63, 3.8) is 0 Å². The minimum Gasteiger partial charge on any atom is -0.392 e. The molecule has 3 heteroatoms. The molecule has 156 valence electrons. The Morgan fingerprint density at radius 3 is 1.89 bits per heavy atom. The fourth-order valence-electron chi connectivity index (χ4n) is 4.04. The normalized spacial score (nSPS) is 17.1. The van der Waals surface area contributed by atoms with Crippen molar-refractivity contribution < 1.29 is 5.11 Å². The summed E-state index contributed by atoms with van der Waals surface area (Å²) in [6, 6.07) is 19.2. The van der Waals surface area contributed by atoms with Gasteiger partial charge in [0.05, 0.1) is 6.10 Å². The van der Waals surface area contributed by atoms with E-state index in [0.717, 1.165) is 25.2 Å². The molecule has 2 rings (SSSR count). The second kappa shape index (κ2) is 13.6. The third-order valence-electron chi connectivity index (χ3n) is 5.89. The quantitative estimate of drug-likeness (QED) is 0.679. The Bertz CT molecular complexity index is 555. The predicted octanol–water partition coefficient (Wildman–Crippen LogP) is 5.43. The summed E-state index contributed by atoms with van der Waals surface area (Å²) < 4.78 is 0. The van der Waals surface area contributed by atoms with E-state index in [-0.39, 0.29) is 6.10 Å². The van der Waals surface area contributed by atoms with E-state index in [4.69, 9.17) is 0 Å². The van der Waals surface area contributed by atoms with Crippen LogP contribution in [0.4, 0.5) is 5.69 Å². The standard InChI is InChI=1S/C25H40N2O/c1-26(23-16-12-8-4-3-5-9-13-17-23)21-20-25(28)22-27(2)24-18-14-10-6-7-11-15-19-24/h3-5,8-9,12-13,16-17,24-25,28H,6-7,10-11,14-15,18-22H2,1-2H3. The summed E-state index contributed by atoms with van der Waals surface area (Å²) in [5.74, 6) is 0. The Balaban J connectivity index is 1.82. The van der Waals surface area contributed by atoms with Gasteiger partial charge in [0, 0.05) is 31.9 Å². The van der Waals surface area contributed by atoms with E-state index in [1.54, 1.807) is 0 Å². The second-order valence-electron chi connectivity index (χ2n) is 8.26. The van der Waals surface area contributed by atoms with Crippen molar-refractivity contribution in [3.8, 4) is 0 Å². The smallest absolute Gasteiger partial charge is 0.0683 e. The molecule has 1 saturated carbocycles. The molecule has 0 aromatic heterocycles. The van der Waals surface area contributed by atoms with Crippen LogP contribution in [0.1, 0.15) is 57.8 Å². The zero-order valence-corrected chi connectivity index (χ0v) is 18.0. The van der Waals surface area contributed by atoms with Gasteiger partial charge in [-0.15, -0.1) is 0 Å². The van der Waals surface area contributed by atoms with Gasteiger partial charge in [-0.05, 0) is 38.4 Å². The van der Waals surface area contributed by atoms with Gasteiger partial charge in [-0.25, -0.2) is 0 Å². The molecule has 0 saturated heterocycles. The molecule has 0 radical (unpaired) electrons. The van der Waals surface area contributed by atoms with Crippen LogP contribution in [-0.2, 0) is 0 Å². The minimum absolute atomic E-state index is 0.275. The molecule has 1 unspecified atom stereocenters. The Labute approximate surface area is 172 Å². The van der Waals surface area contributed by atoms with Crippen LogP contribution in [0.5, 0.6) is 0 Å². The molecule has 0 amide bonds. The van der Waals surface area contributed by atoms with Crippen LogP contribution in [0.3, 0.4) is 0 Å². The third kappa shape index (κ3) is 9.07. The van der Waals surface area contributed by atoms with Gasteiger partial charge >= 0.3 is 0 Å². The molecule has 1 aromatic rings. The first kappa shape index (κ1) is 22.7. The lowest BCUT2D eigenvalue weighted by molar-refractivity contribution is 0.0924. The molecule has 1 N–H and O–H groups in total. The fourth-order valence-corrected chi connectivity index (χ4v) is 4.04. The molecule has 0 heterocycles. The molecule has 0 aliphatic heterocycles. The van der Waals surface area contributed by atoms with Crippen molar-refractivity contribution in [3.05, 3.63) is 54.6 Å². The number of hydrogen-bond donors (Lipinski definition) is 1. The Hall–Kier alpha value is -1.58. The molecule has 28 heavy (non-hydrogen) atoms. The predicted molar refractivity (Wildman–Crippen MR) is 121 cm³/mol. The van der Waals surface area contributed by atoms with E-state index in [9.17, 15) is 5.11 Å². The van der Waals surface area contributed by atoms with Crippen LogP contribution in [0, 0.1) is 0 Å². The average Bonchev–Trinajstić information content (AvgIpc) is 2.84. The molecule has 1 aliphatic carbocycles. The summed E-state index contributed by atoms with van der Waals surface area (Å²) >= 11 is 0. The number of rotatable bonds is 7. The summed E-state index contributed by atoms with van der Waals surface area (Å²) in [6.45, 7) is 1.63. The number of aliphatic hydroxyl groups is 1. The van der Waals surface area contributed by atoms with Crippen LogP contribution in [0.25, 0.3) is 0 Å². The molecule has 0 bridgehead atoms. The molecule has 3 nitrogen and oxygen atoms in total. The summed E-state index contributed by atoms with van der Waals surface area (Å²) in [5.41, 5.74) is 1.16. The minimum atomic E-state index is -0.275. The molecule has 1 fully saturated rings. The van der Waals surface area contributed by atoms with Crippen molar-refractivity contribution >= 4 is 5.69 Å². The van der Waals surface area contributed by atoms with Crippen molar-refractivity contribution in [1.82, 2.24) is 4.90 Å². The number of likely N-dealkylation sites (N-methyl/N-ethyl adjacent to an activating group) is 1. The lowest BCUT2D eigenvalue weighted by Crippen LogP contribution is -2.38. The molecule has 0 spiro atoms. The zero-order chi connectivity index (χ0) is 20.0. The van der Waals surface area contributed by atoms with Crippen LogP contribution in [-0.4, -0.2) is 49.3 Å². The number of aliphatic hydroxyl groups excluding tert-OH is 1. The van der Waals surface area contributed by atoms with E-state index in [2.05, 4.69) is 48.2 Å². The number of anilines is 1. The first-order valence-corrected chi connectivity index (χ1v) is 11.1. The zero-order valence-electron chi connectivity index (χ0n) is 18.0. The SMILES string of the molecule is CN(CCC(O)CN(C)C1CCCCCCCC1)c1ccccccccc1. The first-order valence-electron chi connectivity index (χ1n) is 11.1. The highest BCUT2D eigenvalue weighted by Gasteiger charge is 2.18. The van der Waals surface area contributed by atoms with Crippen molar-refractivity contribution in [2.24, 2.45) is 0 Å². The molecule has 1 atom stereocenters. The molecule has 1 aliphatic rings. The topological polar surface area (TPSA) is 26.7 Å². The summed E-state index contributed by atoms with van der Waals surface area (Å²) in [5, 5.41) is 10.6. The van der Waals surface area contributed by atoms with Crippen LogP contribution < -0.4 is 4.90 Å². The second-order valence-corrected chi connectivity index (χ2v) is 8.26. The van der Waals surface area contributed by atoms with Gasteiger partial charge in [0.2, 0.25) is 0 Å². The fraction of sp³-hybridized carbons (Fsp3) is 0.600. The maximum absolute atomic E-state index is 10.6. The highest BCUT2D eigenvalue weighted by Crippen LogP contribution is 2.20. The van der Waals surface area contributed by atoms with Gasteiger partial charge in [0.25, 0.3) is 0 Å². The average molecular weight is 385 g/mol. The largest absolute Gasteiger partial charge is 0.392 e.